The highest BCUT2D eigenvalue weighted by Crippen LogP contribution is 2.23. The van der Waals surface area contributed by atoms with Crippen molar-refractivity contribution in [1.29, 1.82) is 0 Å². The smallest absolute Gasteiger partial charge is 0.474 e. The van der Waals surface area contributed by atoms with E-state index in [-0.39, 0.29) is 4.90 Å². The quantitative estimate of drug-likeness (QED) is 0.813. The Bertz CT molecular complexity index is 537. The second-order valence-electron chi connectivity index (χ2n) is 3.02. The van der Waals surface area contributed by atoms with Gasteiger partial charge in [-0.05, 0) is 24.3 Å². The summed E-state index contributed by atoms with van der Waals surface area (Å²) in [5.41, 5.74) is 0. The van der Waals surface area contributed by atoms with E-state index in [0.29, 0.717) is 0 Å². The summed E-state index contributed by atoms with van der Waals surface area (Å²) in [6.45, 7) is 0. The number of halogens is 2. The number of hydrogen-bond acceptors (Lipinski definition) is 5. The van der Waals surface area contributed by atoms with Crippen LogP contribution in [-0.2, 0) is 19.1 Å². The van der Waals surface area contributed by atoms with Crippen LogP contribution in [0.1, 0.15) is 0 Å². The van der Waals surface area contributed by atoms with Gasteiger partial charge in [0.15, 0.2) is 0 Å². The zero-order valence-corrected chi connectivity index (χ0v) is 9.78. The number of rotatable bonds is 5. The van der Waals surface area contributed by atoms with Gasteiger partial charge in [0.2, 0.25) is 0 Å². The minimum atomic E-state index is -4.39. The molecular formula is C9H8F2O6S. The molecule has 0 saturated carbocycles. The van der Waals surface area contributed by atoms with Crippen LogP contribution >= 0.6 is 0 Å². The third-order valence-electron chi connectivity index (χ3n) is 1.83. The van der Waals surface area contributed by atoms with Crippen LogP contribution in [0.5, 0.6) is 5.75 Å². The van der Waals surface area contributed by atoms with E-state index in [1.807, 2.05) is 0 Å². The number of aliphatic carboxylic acids is 1. The van der Waals surface area contributed by atoms with Gasteiger partial charge >= 0.3 is 12.1 Å². The second kappa shape index (κ2) is 4.86. The summed E-state index contributed by atoms with van der Waals surface area (Å²) in [4.78, 5) is 9.84. The van der Waals surface area contributed by atoms with Crippen LogP contribution in [-0.4, -0.2) is 32.7 Å². The van der Waals surface area contributed by atoms with Crippen molar-refractivity contribution in [3.8, 4) is 5.75 Å². The largest absolute Gasteiger partial charge is 0.501 e. The van der Waals surface area contributed by atoms with E-state index in [1.54, 1.807) is 0 Å². The molecule has 0 aliphatic heterocycles. The van der Waals surface area contributed by atoms with Gasteiger partial charge < -0.3 is 9.84 Å². The van der Waals surface area contributed by atoms with Crippen molar-refractivity contribution in [2.45, 2.75) is 11.0 Å². The molecule has 0 radical (unpaired) electrons. The summed E-state index contributed by atoms with van der Waals surface area (Å²) in [7, 11) is -2.99. The molecular weight excluding hydrogens is 274 g/mol. The molecule has 0 atom stereocenters. The van der Waals surface area contributed by atoms with Crippen LogP contribution in [0.3, 0.4) is 0 Å². The zero-order chi connectivity index (χ0) is 14.0. The van der Waals surface area contributed by atoms with Gasteiger partial charge in [-0.3, -0.25) is 4.18 Å². The Kier molecular flexibility index (Phi) is 3.87. The van der Waals surface area contributed by atoms with E-state index in [4.69, 9.17) is 5.11 Å². The fourth-order valence-corrected chi connectivity index (χ4v) is 1.62. The van der Waals surface area contributed by atoms with Gasteiger partial charge in [-0.15, -0.1) is 0 Å². The highest BCUT2D eigenvalue weighted by Gasteiger charge is 2.42. The van der Waals surface area contributed by atoms with Gasteiger partial charge in [0.25, 0.3) is 10.1 Å². The SMILES string of the molecule is COS(=O)(=O)c1ccc(OC(F)(F)C(=O)O)cc1. The molecule has 0 unspecified atom stereocenters. The lowest BCUT2D eigenvalue weighted by Gasteiger charge is -2.13. The lowest BCUT2D eigenvalue weighted by atomic mass is 10.3. The molecule has 6 nitrogen and oxygen atoms in total. The van der Waals surface area contributed by atoms with Crippen molar-refractivity contribution in [1.82, 2.24) is 0 Å². The molecule has 18 heavy (non-hydrogen) atoms. The van der Waals surface area contributed by atoms with Crippen molar-refractivity contribution >= 4 is 16.1 Å². The molecule has 0 spiro atoms. The third kappa shape index (κ3) is 3.14. The number of ether oxygens (including phenoxy) is 1. The standard InChI is InChI=1S/C9H8F2O6S/c1-16-18(14,15)7-4-2-6(3-5-7)17-9(10,11)8(12)13/h2-5H,1H3,(H,12,13). The highest BCUT2D eigenvalue weighted by molar-refractivity contribution is 7.86. The van der Waals surface area contributed by atoms with E-state index in [9.17, 15) is 22.0 Å². The predicted octanol–water partition coefficient (Wildman–Crippen LogP) is 1.08. The Labute approximate surface area is 101 Å². The Balaban J connectivity index is 2.95. The normalized spacial score (nSPS) is 12.2. The minimum Gasteiger partial charge on any atom is -0.474 e. The number of benzene rings is 1. The van der Waals surface area contributed by atoms with Gasteiger partial charge in [-0.25, -0.2) is 4.79 Å². The maximum atomic E-state index is 12.7. The molecule has 9 heteroatoms. The van der Waals surface area contributed by atoms with Gasteiger partial charge in [-0.2, -0.15) is 17.2 Å². The molecule has 0 amide bonds. The van der Waals surface area contributed by atoms with Crippen LogP contribution < -0.4 is 4.74 Å². The van der Waals surface area contributed by atoms with Crippen LogP contribution in [0.15, 0.2) is 29.2 Å². The van der Waals surface area contributed by atoms with E-state index >= 15 is 0 Å². The number of carbonyl (C=O) groups is 1. The average molecular weight is 282 g/mol. The lowest BCUT2D eigenvalue weighted by Crippen LogP contribution is -2.34. The summed E-state index contributed by atoms with van der Waals surface area (Å²) in [5.74, 6) is -2.94. The molecule has 1 N–H and O–H groups in total. The molecule has 0 aliphatic rings. The van der Waals surface area contributed by atoms with E-state index < -0.39 is 27.9 Å². The average Bonchev–Trinajstić information content (AvgIpc) is 2.29. The van der Waals surface area contributed by atoms with Crippen LogP contribution in [0.25, 0.3) is 0 Å². The molecule has 1 rings (SSSR count). The summed E-state index contributed by atoms with van der Waals surface area (Å²) in [6, 6.07) is 3.68. The fraction of sp³-hybridized carbons (Fsp3) is 0.222. The summed E-state index contributed by atoms with van der Waals surface area (Å²) in [6.07, 6.45) is -4.39. The Morgan fingerprint density at radius 2 is 1.78 bits per heavy atom. The number of carboxylic acids is 1. The van der Waals surface area contributed by atoms with Crippen molar-refractivity contribution < 1.29 is 36.0 Å². The first-order chi connectivity index (χ1) is 8.19. The van der Waals surface area contributed by atoms with Crippen molar-refractivity contribution in [3.63, 3.8) is 0 Å². The topological polar surface area (TPSA) is 89.9 Å². The van der Waals surface area contributed by atoms with Gasteiger partial charge in [0, 0.05) is 0 Å². The maximum absolute atomic E-state index is 12.7. The van der Waals surface area contributed by atoms with Crippen LogP contribution in [0, 0.1) is 0 Å². The summed E-state index contributed by atoms with van der Waals surface area (Å²) < 4.78 is 55.8. The van der Waals surface area contributed by atoms with Gasteiger partial charge in [-0.1, -0.05) is 0 Å². The fourth-order valence-electron chi connectivity index (χ4n) is 0.962. The Hall–Kier alpha value is -1.74. The Morgan fingerprint density at radius 1 is 1.28 bits per heavy atom. The van der Waals surface area contributed by atoms with Crippen LogP contribution in [0.2, 0.25) is 0 Å². The minimum absolute atomic E-state index is 0.268. The highest BCUT2D eigenvalue weighted by atomic mass is 32.2. The van der Waals surface area contributed by atoms with Gasteiger partial charge in [0.05, 0.1) is 12.0 Å². The monoisotopic (exact) mass is 282 g/mol. The first kappa shape index (κ1) is 14.3. The van der Waals surface area contributed by atoms with Crippen molar-refractivity contribution in [2.75, 3.05) is 7.11 Å². The second-order valence-corrected chi connectivity index (χ2v) is 4.73. The summed E-state index contributed by atoms with van der Waals surface area (Å²) in [5, 5.41) is 8.13. The number of hydrogen-bond donors (Lipinski definition) is 1. The molecule has 0 fully saturated rings. The lowest BCUT2D eigenvalue weighted by molar-refractivity contribution is -0.210. The summed E-state index contributed by atoms with van der Waals surface area (Å²) >= 11 is 0. The molecule has 0 heterocycles. The first-order valence-electron chi connectivity index (χ1n) is 4.40. The third-order valence-corrected chi connectivity index (χ3v) is 3.12. The van der Waals surface area contributed by atoms with Crippen molar-refractivity contribution in [3.05, 3.63) is 24.3 Å². The molecule has 1 aromatic carbocycles. The number of carboxylic acid groups (broad SMARTS) is 1. The molecule has 0 aromatic heterocycles. The molecule has 0 saturated heterocycles. The molecule has 0 bridgehead atoms. The zero-order valence-electron chi connectivity index (χ0n) is 8.96. The molecule has 0 aliphatic carbocycles. The predicted molar refractivity (Wildman–Crippen MR) is 53.8 cm³/mol. The Morgan fingerprint density at radius 3 is 2.17 bits per heavy atom. The van der Waals surface area contributed by atoms with Crippen molar-refractivity contribution in [2.24, 2.45) is 0 Å². The van der Waals surface area contributed by atoms with Gasteiger partial charge in [0.1, 0.15) is 5.75 Å². The molecule has 100 valence electrons. The number of alkyl halides is 2. The van der Waals surface area contributed by atoms with Crippen LogP contribution in [0.4, 0.5) is 8.78 Å². The maximum Gasteiger partial charge on any atom is 0.501 e. The van der Waals surface area contributed by atoms with E-state index in [1.165, 1.54) is 0 Å². The molecule has 1 aromatic rings. The van der Waals surface area contributed by atoms with E-state index in [0.717, 1.165) is 31.4 Å². The van der Waals surface area contributed by atoms with E-state index in [2.05, 4.69) is 8.92 Å². The first-order valence-corrected chi connectivity index (χ1v) is 5.81.